The van der Waals surface area contributed by atoms with Crippen LogP contribution in [0.4, 0.5) is 5.69 Å². The minimum atomic E-state index is -0.999. The first kappa shape index (κ1) is 24.1. The van der Waals surface area contributed by atoms with Gasteiger partial charge in [-0.3, -0.25) is 19.8 Å². The molecule has 0 bridgehead atoms. The maximum absolute atomic E-state index is 13.0. The maximum Gasteiger partial charge on any atom is 0.303 e. The van der Waals surface area contributed by atoms with Crippen LogP contribution >= 0.6 is 0 Å². The zero-order valence-corrected chi connectivity index (χ0v) is 19.7. The Morgan fingerprint density at radius 2 is 1.83 bits per heavy atom. The van der Waals surface area contributed by atoms with Crippen LogP contribution in [0.15, 0.2) is 47.3 Å². The fourth-order valence-electron chi connectivity index (χ4n) is 4.70. The summed E-state index contributed by atoms with van der Waals surface area (Å²) in [6.45, 7) is 0. The van der Waals surface area contributed by atoms with Gasteiger partial charge in [-0.1, -0.05) is 37.1 Å². The van der Waals surface area contributed by atoms with Crippen LogP contribution < -0.4 is 16.2 Å². The molecule has 0 saturated heterocycles. The second kappa shape index (κ2) is 10.1. The van der Waals surface area contributed by atoms with Crippen molar-refractivity contribution >= 4 is 34.4 Å². The number of anilines is 1. The lowest BCUT2D eigenvalue weighted by Crippen LogP contribution is -2.39. The number of hydrogen-bond donors (Lipinski definition) is 3. The lowest BCUT2D eigenvalue weighted by molar-refractivity contribution is -0.138. The quantitative estimate of drug-likeness (QED) is 0.338. The van der Waals surface area contributed by atoms with E-state index < -0.39 is 5.97 Å². The number of carbonyl (C=O) groups is 2. The molecule has 2 aromatic carbocycles. The second-order valence-corrected chi connectivity index (χ2v) is 8.98. The van der Waals surface area contributed by atoms with Crippen LogP contribution in [0.1, 0.15) is 55.3 Å². The van der Waals surface area contributed by atoms with Crippen molar-refractivity contribution in [2.75, 3.05) is 4.90 Å². The van der Waals surface area contributed by atoms with Gasteiger partial charge in [-0.05, 0) is 36.6 Å². The summed E-state index contributed by atoms with van der Waals surface area (Å²) in [5.41, 5.74) is 9.08. The maximum atomic E-state index is 13.0. The fraction of sp³-hybridized carbons (Fsp3) is 0.346. The Balaban J connectivity index is 1.71. The van der Waals surface area contributed by atoms with E-state index in [0.717, 1.165) is 31.2 Å². The molecule has 4 rings (SSSR count). The van der Waals surface area contributed by atoms with Crippen molar-refractivity contribution in [1.82, 2.24) is 9.55 Å². The highest BCUT2D eigenvalue weighted by Crippen LogP contribution is 2.31. The second-order valence-electron chi connectivity index (χ2n) is 8.98. The van der Waals surface area contributed by atoms with Gasteiger partial charge in [-0.25, -0.2) is 4.98 Å². The molecule has 0 atom stereocenters. The molecule has 4 N–H and O–H groups in total. The van der Waals surface area contributed by atoms with Gasteiger partial charge in [0.15, 0.2) is 0 Å². The molecule has 1 heterocycles. The largest absolute Gasteiger partial charge is 0.481 e. The first-order valence-corrected chi connectivity index (χ1v) is 11.7. The van der Waals surface area contributed by atoms with Gasteiger partial charge in [0.25, 0.3) is 5.56 Å². The van der Waals surface area contributed by atoms with Gasteiger partial charge in [0.2, 0.25) is 5.91 Å². The molecule has 1 aliphatic rings. The summed E-state index contributed by atoms with van der Waals surface area (Å²) >= 11 is 0. The van der Waals surface area contributed by atoms with Crippen molar-refractivity contribution in [1.29, 1.82) is 5.41 Å². The number of aromatic nitrogens is 2. The lowest BCUT2D eigenvalue weighted by atomic mass is 10.1. The number of benzene rings is 2. The molecule has 3 aromatic rings. The minimum Gasteiger partial charge on any atom is -0.481 e. The van der Waals surface area contributed by atoms with Crippen molar-refractivity contribution in [3.05, 3.63) is 69.6 Å². The van der Waals surface area contributed by atoms with E-state index in [1.807, 2.05) is 18.2 Å². The number of nitrogens with one attached hydrogen (secondary N) is 1. The Kier molecular flexibility index (Phi) is 6.95. The van der Waals surface area contributed by atoms with E-state index in [2.05, 4.69) is 4.98 Å². The van der Waals surface area contributed by atoms with Gasteiger partial charge < -0.3 is 20.3 Å². The van der Waals surface area contributed by atoms with Crippen molar-refractivity contribution in [2.24, 2.45) is 12.8 Å². The highest BCUT2D eigenvalue weighted by atomic mass is 16.4. The number of hydrogen-bond acceptors (Lipinski definition) is 5. The van der Waals surface area contributed by atoms with Crippen molar-refractivity contribution in [3.8, 4) is 0 Å². The van der Waals surface area contributed by atoms with Crippen LogP contribution in [0.2, 0.25) is 0 Å². The number of fused-ring (bicyclic) bond motifs is 1. The number of nitrogen functional groups attached to an aromatic ring is 1. The topological polar surface area (TPSA) is 142 Å². The molecule has 1 aromatic heterocycles. The van der Waals surface area contributed by atoms with Crippen LogP contribution in [0.5, 0.6) is 0 Å². The Labute approximate surface area is 202 Å². The number of amidine groups is 1. The predicted octanol–water partition coefficient (Wildman–Crippen LogP) is 2.95. The van der Waals surface area contributed by atoms with Gasteiger partial charge in [-0.2, -0.15) is 0 Å². The van der Waals surface area contributed by atoms with Crippen molar-refractivity contribution < 1.29 is 14.7 Å². The van der Waals surface area contributed by atoms with Crippen LogP contribution in [0, 0.1) is 5.41 Å². The Morgan fingerprint density at radius 1 is 1.14 bits per heavy atom. The average molecular weight is 476 g/mol. The highest BCUT2D eigenvalue weighted by molar-refractivity contribution is 5.97. The summed E-state index contributed by atoms with van der Waals surface area (Å²) < 4.78 is 1.55. The molecule has 1 fully saturated rings. The summed E-state index contributed by atoms with van der Waals surface area (Å²) in [4.78, 5) is 43.4. The molecule has 1 aliphatic carbocycles. The van der Waals surface area contributed by atoms with Gasteiger partial charge in [0.05, 0.1) is 17.5 Å². The number of carboxylic acid groups (broad SMARTS) is 1. The molecular weight excluding hydrogens is 446 g/mol. The normalized spacial score (nSPS) is 13.7. The Bertz CT molecular complexity index is 1340. The molecule has 1 saturated carbocycles. The first-order valence-electron chi connectivity index (χ1n) is 11.7. The monoisotopic (exact) mass is 475 g/mol. The molecule has 9 heteroatoms. The molecule has 0 radical (unpaired) electrons. The summed E-state index contributed by atoms with van der Waals surface area (Å²) in [5.74, 6) is -1.23. The number of carbonyl (C=O) groups excluding carboxylic acids is 1. The van der Waals surface area contributed by atoms with Gasteiger partial charge in [0.1, 0.15) is 11.5 Å². The number of aryl methyl sites for hydroxylation is 1. The SMILES string of the molecule is Cn1c(=O)c(Cc2ccc(C(=N)N)cc2)nc2cc(N(C(=O)CCC(=O)O)C3CCCC3)ccc21. The Hall–Kier alpha value is -4.01. The minimum absolute atomic E-state index is 0.0199. The zero-order chi connectivity index (χ0) is 25.1. The highest BCUT2D eigenvalue weighted by Gasteiger charge is 2.28. The van der Waals surface area contributed by atoms with Crippen LogP contribution in [-0.2, 0) is 23.1 Å². The van der Waals surface area contributed by atoms with E-state index in [1.54, 1.807) is 40.8 Å². The number of aliphatic carboxylic acids is 1. The Morgan fingerprint density at radius 3 is 2.46 bits per heavy atom. The summed E-state index contributed by atoms with van der Waals surface area (Å²) in [6.07, 6.45) is 3.84. The molecule has 0 spiro atoms. The van der Waals surface area contributed by atoms with Gasteiger partial charge >= 0.3 is 5.97 Å². The average Bonchev–Trinajstić information content (AvgIpc) is 3.36. The predicted molar refractivity (Wildman–Crippen MR) is 134 cm³/mol. The summed E-state index contributed by atoms with van der Waals surface area (Å²) in [5, 5.41) is 16.6. The zero-order valence-electron chi connectivity index (χ0n) is 19.7. The fourth-order valence-corrected chi connectivity index (χ4v) is 4.70. The van der Waals surface area contributed by atoms with Crippen LogP contribution in [0.25, 0.3) is 11.0 Å². The van der Waals surface area contributed by atoms with E-state index in [-0.39, 0.29) is 36.2 Å². The van der Waals surface area contributed by atoms with Crippen molar-refractivity contribution in [3.63, 3.8) is 0 Å². The van der Waals surface area contributed by atoms with E-state index in [0.29, 0.717) is 34.4 Å². The molecule has 0 aliphatic heterocycles. The third kappa shape index (κ3) is 5.24. The number of nitrogens with zero attached hydrogens (tertiary/aromatic N) is 3. The smallest absolute Gasteiger partial charge is 0.303 e. The van der Waals surface area contributed by atoms with E-state index in [9.17, 15) is 14.4 Å². The number of nitrogens with two attached hydrogens (primary N) is 1. The van der Waals surface area contributed by atoms with E-state index in [4.69, 9.17) is 16.2 Å². The third-order valence-corrected chi connectivity index (χ3v) is 6.55. The number of amides is 1. The van der Waals surface area contributed by atoms with Gasteiger partial charge in [0, 0.05) is 37.2 Å². The molecule has 1 amide bonds. The van der Waals surface area contributed by atoms with E-state index >= 15 is 0 Å². The molecule has 9 nitrogen and oxygen atoms in total. The van der Waals surface area contributed by atoms with E-state index in [1.165, 1.54) is 0 Å². The molecule has 0 unspecified atom stereocenters. The molecule has 35 heavy (non-hydrogen) atoms. The van der Waals surface area contributed by atoms with Crippen LogP contribution in [-0.4, -0.2) is 38.4 Å². The van der Waals surface area contributed by atoms with Crippen molar-refractivity contribution in [2.45, 2.75) is 51.0 Å². The standard InChI is InChI=1S/C26H29N5O4/c1-30-22-11-10-19(31(18-4-2-3-5-18)23(32)12-13-24(33)34)15-20(22)29-21(26(30)35)14-16-6-8-17(9-7-16)25(27)28/h6-11,15,18H,2-5,12-14H2,1H3,(H3,27,28)(H,33,34). The van der Waals surface area contributed by atoms with Gasteiger partial charge in [-0.15, -0.1) is 0 Å². The third-order valence-electron chi connectivity index (χ3n) is 6.55. The summed E-state index contributed by atoms with van der Waals surface area (Å²) in [7, 11) is 1.70. The molecule has 182 valence electrons. The summed E-state index contributed by atoms with van der Waals surface area (Å²) in [6, 6.07) is 12.6. The lowest BCUT2D eigenvalue weighted by Gasteiger charge is -2.29. The molecular formula is C26H29N5O4. The first-order chi connectivity index (χ1) is 16.7. The number of rotatable bonds is 8. The number of carboxylic acids is 1. The van der Waals surface area contributed by atoms with Crippen LogP contribution in [0.3, 0.4) is 0 Å².